The minimum absolute atomic E-state index is 0.137. The number of rotatable bonds is 9. The second-order valence-electron chi connectivity index (χ2n) is 4.79. The molecule has 24 heavy (non-hydrogen) atoms. The molecule has 0 spiro atoms. The molecule has 136 valence electrons. The van der Waals surface area contributed by atoms with Crippen molar-refractivity contribution in [3.8, 4) is 5.75 Å². The van der Waals surface area contributed by atoms with Crippen LogP contribution < -0.4 is 4.74 Å². The summed E-state index contributed by atoms with van der Waals surface area (Å²) in [6, 6.07) is 6.87. The second kappa shape index (κ2) is 8.34. The van der Waals surface area contributed by atoms with Gasteiger partial charge in [0.25, 0.3) is 0 Å². The van der Waals surface area contributed by atoms with Gasteiger partial charge in [-0.15, -0.1) is 0 Å². The van der Waals surface area contributed by atoms with E-state index in [2.05, 4.69) is 4.18 Å². The van der Waals surface area contributed by atoms with E-state index >= 15 is 0 Å². The van der Waals surface area contributed by atoms with Gasteiger partial charge in [-0.25, -0.2) is 8.98 Å². The molecule has 0 saturated carbocycles. The highest BCUT2D eigenvalue weighted by Crippen LogP contribution is 2.26. The van der Waals surface area contributed by atoms with Crippen molar-refractivity contribution in [2.75, 3.05) is 6.61 Å². The number of hydrogen-bond acceptors (Lipinski definition) is 5. The lowest BCUT2D eigenvalue weighted by Crippen LogP contribution is -2.34. The van der Waals surface area contributed by atoms with Crippen molar-refractivity contribution < 1.29 is 40.4 Å². The van der Waals surface area contributed by atoms with E-state index in [0.717, 1.165) is 5.56 Å². The van der Waals surface area contributed by atoms with Gasteiger partial charge in [-0.2, -0.15) is 21.6 Å². The van der Waals surface area contributed by atoms with E-state index in [4.69, 9.17) is 9.84 Å². The first-order chi connectivity index (χ1) is 11.1. The van der Waals surface area contributed by atoms with Crippen LogP contribution in [-0.2, 0) is 25.5 Å². The smallest absolute Gasteiger partial charge is 0.494 e. The van der Waals surface area contributed by atoms with E-state index in [0.29, 0.717) is 18.8 Å². The summed E-state index contributed by atoms with van der Waals surface area (Å²) in [5, 5.41) is 8.82. The molecule has 0 amide bonds. The van der Waals surface area contributed by atoms with Crippen molar-refractivity contribution in [1.82, 2.24) is 0 Å². The molecule has 1 unspecified atom stereocenters. The Labute approximate surface area is 137 Å². The Hall–Kier alpha value is -1.81. The summed E-state index contributed by atoms with van der Waals surface area (Å²) in [5.41, 5.74) is -4.85. The number of ether oxygens (including phenoxy) is 1. The van der Waals surface area contributed by atoms with Crippen LogP contribution in [-0.4, -0.2) is 37.7 Å². The van der Waals surface area contributed by atoms with E-state index < -0.39 is 27.7 Å². The van der Waals surface area contributed by atoms with E-state index in [9.17, 15) is 26.4 Å². The Morgan fingerprint density at radius 1 is 1.25 bits per heavy atom. The zero-order valence-electron chi connectivity index (χ0n) is 12.7. The van der Waals surface area contributed by atoms with Gasteiger partial charge in [0.05, 0.1) is 6.61 Å². The van der Waals surface area contributed by atoms with Crippen LogP contribution in [0.2, 0.25) is 0 Å². The summed E-state index contributed by atoms with van der Waals surface area (Å²) < 4.78 is 67.5. The Morgan fingerprint density at radius 2 is 1.83 bits per heavy atom. The molecule has 0 aliphatic rings. The van der Waals surface area contributed by atoms with Gasteiger partial charge in [0.15, 0.2) is 6.10 Å². The van der Waals surface area contributed by atoms with Crippen molar-refractivity contribution in [3.05, 3.63) is 29.8 Å². The summed E-state index contributed by atoms with van der Waals surface area (Å²) in [6.07, 6.45) is -1.97. The van der Waals surface area contributed by atoms with Crippen LogP contribution in [0.3, 0.4) is 0 Å². The van der Waals surface area contributed by atoms with Crippen molar-refractivity contribution >= 4 is 16.1 Å². The van der Waals surface area contributed by atoms with E-state index in [-0.39, 0.29) is 12.8 Å². The highest BCUT2D eigenvalue weighted by atomic mass is 32.2. The van der Waals surface area contributed by atoms with Crippen molar-refractivity contribution in [3.63, 3.8) is 0 Å². The number of carboxylic acids is 1. The Balaban J connectivity index is 2.60. The average molecular weight is 370 g/mol. The van der Waals surface area contributed by atoms with Crippen LogP contribution in [0.15, 0.2) is 24.3 Å². The fourth-order valence-corrected chi connectivity index (χ4v) is 2.42. The number of aliphatic carboxylic acids is 1. The molecule has 0 aliphatic carbocycles. The molecule has 0 radical (unpaired) electrons. The molecule has 0 saturated heterocycles. The third-order valence-corrected chi connectivity index (χ3v) is 4.02. The summed E-state index contributed by atoms with van der Waals surface area (Å²) in [7, 11) is -5.95. The first-order valence-electron chi connectivity index (χ1n) is 7.01. The molecule has 0 heterocycles. The maximum atomic E-state index is 12.2. The first kappa shape index (κ1) is 20.2. The van der Waals surface area contributed by atoms with Gasteiger partial charge >= 0.3 is 21.6 Å². The number of halogens is 3. The maximum absolute atomic E-state index is 12.2. The van der Waals surface area contributed by atoms with Crippen LogP contribution in [0.1, 0.15) is 25.3 Å². The van der Waals surface area contributed by atoms with Crippen LogP contribution in [0, 0.1) is 0 Å². The third kappa shape index (κ3) is 6.00. The standard InChI is InChI=1S/C14H17F3O6S/c1-2-22-11-8-6-10(7-9-11)4-3-5-12(13(18)19)23-24(20,21)14(15,16)17/h6-9,12H,2-5H2,1H3,(H,18,19). The average Bonchev–Trinajstić information content (AvgIpc) is 2.47. The molecule has 0 aromatic heterocycles. The SMILES string of the molecule is CCOc1ccc(CCCC(OS(=O)(=O)C(F)(F)F)C(=O)O)cc1. The number of carbonyl (C=O) groups is 1. The number of hydrogen-bond donors (Lipinski definition) is 1. The van der Waals surface area contributed by atoms with Crippen molar-refractivity contribution in [2.45, 2.75) is 37.8 Å². The van der Waals surface area contributed by atoms with E-state index in [1.165, 1.54) is 0 Å². The largest absolute Gasteiger partial charge is 0.523 e. The number of aryl methyl sites for hydroxylation is 1. The lowest BCUT2D eigenvalue weighted by molar-refractivity contribution is -0.146. The van der Waals surface area contributed by atoms with Crippen molar-refractivity contribution in [1.29, 1.82) is 0 Å². The van der Waals surface area contributed by atoms with Crippen LogP contribution in [0.25, 0.3) is 0 Å². The predicted molar refractivity (Wildman–Crippen MR) is 78.0 cm³/mol. The van der Waals surface area contributed by atoms with E-state index in [1.807, 2.05) is 6.92 Å². The quantitative estimate of drug-likeness (QED) is 0.531. The summed E-state index contributed by atoms with van der Waals surface area (Å²) >= 11 is 0. The highest BCUT2D eigenvalue weighted by molar-refractivity contribution is 7.87. The number of alkyl halides is 3. The van der Waals surface area contributed by atoms with E-state index in [1.54, 1.807) is 24.3 Å². The fraction of sp³-hybridized carbons (Fsp3) is 0.500. The Morgan fingerprint density at radius 3 is 2.29 bits per heavy atom. The first-order valence-corrected chi connectivity index (χ1v) is 8.41. The van der Waals surface area contributed by atoms with Gasteiger partial charge in [-0.05, 0) is 43.9 Å². The molecule has 6 nitrogen and oxygen atoms in total. The summed E-state index contributed by atoms with van der Waals surface area (Å²) in [5.74, 6) is -1.11. The summed E-state index contributed by atoms with van der Waals surface area (Å²) in [6.45, 7) is 2.33. The summed E-state index contributed by atoms with van der Waals surface area (Å²) in [4.78, 5) is 10.9. The topological polar surface area (TPSA) is 89.9 Å². The van der Waals surface area contributed by atoms with Gasteiger partial charge in [-0.3, -0.25) is 0 Å². The number of benzene rings is 1. The Bertz CT molecular complexity index is 639. The molecule has 1 aromatic carbocycles. The monoisotopic (exact) mass is 370 g/mol. The maximum Gasteiger partial charge on any atom is 0.523 e. The molecule has 1 N–H and O–H groups in total. The second-order valence-corrected chi connectivity index (χ2v) is 6.36. The molecule has 10 heteroatoms. The molecule has 0 bridgehead atoms. The molecule has 1 rings (SSSR count). The lowest BCUT2D eigenvalue weighted by atomic mass is 10.1. The molecule has 0 aliphatic heterocycles. The molecular formula is C14H17F3O6S. The van der Waals surface area contributed by atoms with Gasteiger partial charge in [0.2, 0.25) is 0 Å². The van der Waals surface area contributed by atoms with Crippen LogP contribution in [0.4, 0.5) is 13.2 Å². The van der Waals surface area contributed by atoms with Gasteiger partial charge < -0.3 is 9.84 Å². The predicted octanol–water partition coefficient (Wildman–Crippen LogP) is 2.73. The zero-order valence-corrected chi connectivity index (χ0v) is 13.6. The van der Waals surface area contributed by atoms with Gasteiger partial charge in [-0.1, -0.05) is 12.1 Å². The zero-order chi connectivity index (χ0) is 18.4. The molecule has 1 atom stereocenters. The third-order valence-electron chi connectivity index (χ3n) is 2.97. The highest BCUT2D eigenvalue weighted by Gasteiger charge is 2.49. The Kier molecular flexibility index (Phi) is 7.03. The van der Waals surface area contributed by atoms with Gasteiger partial charge in [0, 0.05) is 0 Å². The minimum Gasteiger partial charge on any atom is -0.494 e. The van der Waals surface area contributed by atoms with Gasteiger partial charge in [0.1, 0.15) is 5.75 Å². The van der Waals surface area contributed by atoms with Crippen molar-refractivity contribution in [2.24, 2.45) is 0 Å². The molecule has 1 aromatic rings. The van der Waals surface area contributed by atoms with Crippen LogP contribution in [0.5, 0.6) is 5.75 Å². The fourth-order valence-electron chi connectivity index (χ4n) is 1.83. The minimum atomic E-state index is -5.95. The lowest BCUT2D eigenvalue weighted by Gasteiger charge is -2.14. The number of carboxylic acid groups (broad SMARTS) is 1. The molecular weight excluding hydrogens is 353 g/mol. The van der Waals surface area contributed by atoms with Crippen LogP contribution >= 0.6 is 0 Å². The normalized spacial score (nSPS) is 13.5. The molecule has 0 fully saturated rings.